The van der Waals surface area contributed by atoms with E-state index in [1.807, 2.05) is 13.0 Å². The smallest absolute Gasteiger partial charge is 0.255 e. The van der Waals surface area contributed by atoms with Crippen LogP contribution in [0.4, 0.5) is 5.69 Å². The molecule has 2 rings (SSSR count). The van der Waals surface area contributed by atoms with Crippen molar-refractivity contribution >= 4 is 55.1 Å². The number of pyridine rings is 1. The standard InChI is InChI=1S/C13H9Br2ClN2O/c1-7-2-3-8(4-10(7)15)13(19)18-11-5-9(14)6-17-12(11)16/h2-6H,1H3,(H,18,19). The molecular weight excluding hydrogens is 395 g/mol. The molecule has 0 bridgehead atoms. The van der Waals surface area contributed by atoms with E-state index in [1.165, 1.54) is 0 Å². The first-order chi connectivity index (χ1) is 8.97. The van der Waals surface area contributed by atoms with Gasteiger partial charge in [-0.3, -0.25) is 4.79 Å². The number of carbonyl (C=O) groups excluding carboxylic acids is 1. The molecule has 6 heteroatoms. The molecule has 19 heavy (non-hydrogen) atoms. The highest BCUT2D eigenvalue weighted by molar-refractivity contribution is 9.10. The van der Waals surface area contributed by atoms with Gasteiger partial charge >= 0.3 is 0 Å². The number of amides is 1. The van der Waals surface area contributed by atoms with Gasteiger partial charge in [0.25, 0.3) is 5.91 Å². The van der Waals surface area contributed by atoms with E-state index < -0.39 is 0 Å². The maximum Gasteiger partial charge on any atom is 0.255 e. The van der Waals surface area contributed by atoms with Gasteiger partial charge in [0, 0.05) is 20.7 Å². The molecule has 0 unspecified atom stereocenters. The largest absolute Gasteiger partial charge is 0.319 e. The Balaban J connectivity index is 2.25. The second kappa shape index (κ2) is 6.03. The van der Waals surface area contributed by atoms with Gasteiger partial charge in [0.15, 0.2) is 5.15 Å². The number of rotatable bonds is 2. The zero-order valence-electron chi connectivity index (χ0n) is 9.88. The van der Waals surface area contributed by atoms with E-state index in [4.69, 9.17) is 11.6 Å². The second-order valence-electron chi connectivity index (χ2n) is 3.91. The highest BCUT2D eigenvalue weighted by atomic mass is 79.9. The van der Waals surface area contributed by atoms with Gasteiger partial charge in [-0.25, -0.2) is 4.98 Å². The molecule has 1 amide bonds. The van der Waals surface area contributed by atoms with Crippen LogP contribution in [0.1, 0.15) is 15.9 Å². The molecule has 3 nitrogen and oxygen atoms in total. The van der Waals surface area contributed by atoms with E-state index in [0.717, 1.165) is 14.5 Å². The molecule has 0 aliphatic carbocycles. The summed E-state index contributed by atoms with van der Waals surface area (Å²) in [5, 5.41) is 2.98. The summed E-state index contributed by atoms with van der Waals surface area (Å²) in [6, 6.07) is 7.11. The molecule has 1 N–H and O–H groups in total. The normalized spacial score (nSPS) is 10.3. The molecule has 1 heterocycles. The van der Waals surface area contributed by atoms with E-state index >= 15 is 0 Å². The molecule has 0 radical (unpaired) electrons. The molecule has 98 valence electrons. The van der Waals surface area contributed by atoms with Gasteiger partial charge in [-0.05, 0) is 46.6 Å². The number of aryl methyl sites for hydroxylation is 1. The average molecular weight is 404 g/mol. The van der Waals surface area contributed by atoms with Crippen LogP contribution in [-0.4, -0.2) is 10.9 Å². The number of anilines is 1. The monoisotopic (exact) mass is 402 g/mol. The van der Waals surface area contributed by atoms with Crippen molar-refractivity contribution in [1.29, 1.82) is 0 Å². The Hall–Kier alpha value is -0.910. The van der Waals surface area contributed by atoms with Crippen LogP contribution in [0, 0.1) is 6.92 Å². The van der Waals surface area contributed by atoms with Crippen molar-refractivity contribution in [2.24, 2.45) is 0 Å². The zero-order valence-corrected chi connectivity index (χ0v) is 13.8. The van der Waals surface area contributed by atoms with Crippen molar-refractivity contribution in [3.63, 3.8) is 0 Å². The third-order valence-electron chi connectivity index (χ3n) is 2.49. The number of nitrogens with zero attached hydrogens (tertiary/aromatic N) is 1. The second-order valence-corrected chi connectivity index (χ2v) is 6.04. The van der Waals surface area contributed by atoms with E-state index in [0.29, 0.717) is 11.3 Å². The van der Waals surface area contributed by atoms with Gasteiger partial charge in [0.1, 0.15) is 0 Å². The van der Waals surface area contributed by atoms with Crippen LogP contribution < -0.4 is 5.32 Å². The Bertz CT molecular complexity index is 647. The maximum absolute atomic E-state index is 12.1. The first kappa shape index (κ1) is 14.5. The average Bonchev–Trinajstić information content (AvgIpc) is 2.37. The van der Waals surface area contributed by atoms with Crippen molar-refractivity contribution in [2.45, 2.75) is 6.92 Å². The van der Waals surface area contributed by atoms with Crippen LogP contribution >= 0.6 is 43.5 Å². The summed E-state index contributed by atoms with van der Waals surface area (Å²) < 4.78 is 1.64. The van der Waals surface area contributed by atoms with Crippen LogP contribution in [-0.2, 0) is 0 Å². The first-order valence-corrected chi connectivity index (χ1v) is 7.32. The number of halogens is 3. The SMILES string of the molecule is Cc1ccc(C(=O)Nc2cc(Br)cnc2Cl)cc1Br. The van der Waals surface area contributed by atoms with Crippen molar-refractivity contribution in [3.8, 4) is 0 Å². The topological polar surface area (TPSA) is 42.0 Å². The number of benzene rings is 1. The maximum atomic E-state index is 12.1. The molecular formula is C13H9Br2ClN2O. The predicted molar refractivity (Wildman–Crippen MR) is 83.8 cm³/mol. The van der Waals surface area contributed by atoms with Crippen molar-refractivity contribution in [1.82, 2.24) is 4.98 Å². The summed E-state index contributed by atoms with van der Waals surface area (Å²) in [5.41, 5.74) is 2.09. The number of nitrogens with one attached hydrogen (secondary N) is 1. The minimum Gasteiger partial charge on any atom is -0.319 e. The summed E-state index contributed by atoms with van der Waals surface area (Å²) in [4.78, 5) is 16.1. The van der Waals surface area contributed by atoms with Gasteiger partial charge in [-0.15, -0.1) is 0 Å². The summed E-state index contributed by atoms with van der Waals surface area (Å²) >= 11 is 12.6. The third-order valence-corrected chi connectivity index (χ3v) is 4.08. The van der Waals surface area contributed by atoms with Crippen molar-refractivity contribution in [2.75, 3.05) is 5.32 Å². The number of carbonyl (C=O) groups is 1. The molecule has 0 spiro atoms. The van der Waals surface area contributed by atoms with Gasteiger partial charge < -0.3 is 5.32 Å². The summed E-state index contributed by atoms with van der Waals surface area (Å²) in [7, 11) is 0. The minimum absolute atomic E-state index is 0.234. The lowest BCUT2D eigenvalue weighted by molar-refractivity contribution is 0.102. The zero-order chi connectivity index (χ0) is 14.0. The lowest BCUT2D eigenvalue weighted by Gasteiger charge is -2.08. The Morgan fingerprint density at radius 3 is 2.74 bits per heavy atom. The highest BCUT2D eigenvalue weighted by Gasteiger charge is 2.10. The predicted octanol–water partition coefficient (Wildman–Crippen LogP) is 4.82. The van der Waals surface area contributed by atoms with Gasteiger partial charge in [0.05, 0.1) is 5.69 Å². The highest BCUT2D eigenvalue weighted by Crippen LogP contribution is 2.24. The lowest BCUT2D eigenvalue weighted by atomic mass is 10.1. The van der Waals surface area contributed by atoms with Crippen molar-refractivity contribution < 1.29 is 4.79 Å². The van der Waals surface area contributed by atoms with Gasteiger partial charge in [-0.1, -0.05) is 33.6 Å². The minimum atomic E-state index is -0.234. The third kappa shape index (κ3) is 3.55. The van der Waals surface area contributed by atoms with E-state index in [1.54, 1.807) is 24.4 Å². The summed E-state index contributed by atoms with van der Waals surface area (Å²) in [5.74, 6) is -0.234. The molecule has 0 atom stereocenters. The fourth-order valence-electron chi connectivity index (χ4n) is 1.44. The number of aromatic nitrogens is 1. The molecule has 0 aliphatic heterocycles. The Kier molecular flexibility index (Phi) is 4.60. The van der Waals surface area contributed by atoms with Crippen LogP contribution in [0.2, 0.25) is 5.15 Å². The fourth-order valence-corrected chi connectivity index (χ4v) is 2.30. The van der Waals surface area contributed by atoms with Gasteiger partial charge in [0.2, 0.25) is 0 Å². The lowest BCUT2D eigenvalue weighted by Crippen LogP contribution is -2.12. The molecule has 0 aliphatic rings. The fraction of sp³-hybridized carbons (Fsp3) is 0.0769. The Labute approximate surface area is 132 Å². The van der Waals surface area contributed by atoms with E-state index in [2.05, 4.69) is 42.2 Å². The van der Waals surface area contributed by atoms with E-state index in [-0.39, 0.29) is 11.1 Å². The summed E-state index contributed by atoms with van der Waals surface area (Å²) in [6.45, 7) is 1.96. The Morgan fingerprint density at radius 2 is 2.05 bits per heavy atom. The molecule has 1 aromatic heterocycles. The van der Waals surface area contributed by atoms with Crippen LogP contribution in [0.25, 0.3) is 0 Å². The Morgan fingerprint density at radius 1 is 1.32 bits per heavy atom. The van der Waals surface area contributed by atoms with Crippen LogP contribution in [0.3, 0.4) is 0 Å². The summed E-state index contributed by atoms with van der Waals surface area (Å²) in [6.07, 6.45) is 1.57. The quantitative estimate of drug-likeness (QED) is 0.729. The van der Waals surface area contributed by atoms with E-state index in [9.17, 15) is 4.79 Å². The molecule has 2 aromatic rings. The first-order valence-electron chi connectivity index (χ1n) is 5.36. The molecule has 0 fully saturated rings. The van der Waals surface area contributed by atoms with Crippen LogP contribution in [0.5, 0.6) is 0 Å². The molecule has 1 aromatic carbocycles. The van der Waals surface area contributed by atoms with Gasteiger partial charge in [-0.2, -0.15) is 0 Å². The number of hydrogen-bond donors (Lipinski definition) is 1. The molecule has 0 saturated heterocycles. The van der Waals surface area contributed by atoms with Crippen LogP contribution in [0.15, 0.2) is 39.4 Å². The molecule has 0 saturated carbocycles. The van der Waals surface area contributed by atoms with Crippen molar-refractivity contribution in [3.05, 3.63) is 55.7 Å². The number of hydrogen-bond acceptors (Lipinski definition) is 2.